The van der Waals surface area contributed by atoms with E-state index in [2.05, 4.69) is 0 Å². The number of hydrogen-bond acceptors (Lipinski definition) is 3. The van der Waals surface area contributed by atoms with E-state index in [1.54, 1.807) is 6.07 Å². The lowest BCUT2D eigenvalue weighted by atomic mass is 10.1. The Morgan fingerprint density at radius 2 is 2.26 bits per heavy atom. The molecule has 5 heteroatoms. The lowest BCUT2D eigenvalue weighted by molar-refractivity contribution is -0.0445. The predicted octanol–water partition coefficient (Wildman–Crippen LogP) is 2.44. The lowest BCUT2D eigenvalue weighted by Gasteiger charge is -2.37. The van der Waals surface area contributed by atoms with Crippen LogP contribution in [0.25, 0.3) is 0 Å². The van der Waals surface area contributed by atoms with Gasteiger partial charge in [0.05, 0.1) is 23.8 Å². The summed E-state index contributed by atoms with van der Waals surface area (Å²) < 4.78 is 5.70. The van der Waals surface area contributed by atoms with Crippen molar-refractivity contribution in [3.8, 4) is 5.75 Å². The number of hydrogen-bond donors (Lipinski definition) is 1. The Hall–Kier alpha value is -1.26. The Labute approximate surface area is 116 Å². The predicted molar refractivity (Wildman–Crippen MR) is 71.5 cm³/mol. The molecule has 3 rings (SSSR count). The number of aromatic hydroxyl groups is 1. The zero-order chi connectivity index (χ0) is 13.4. The zero-order valence-electron chi connectivity index (χ0n) is 10.5. The standard InChI is InChI=1S/C14H16ClNO3/c15-10-8-9(4-5-12(10)17)14(18)16-6-7-19-13-3-1-2-11(13)16/h4-5,8,11,13,17H,1-3,6-7H2. The molecule has 2 aliphatic rings. The van der Waals surface area contributed by atoms with Gasteiger partial charge in [-0.2, -0.15) is 0 Å². The molecule has 1 aliphatic heterocycles. The van der Waals surface area contributed by atoms with Crippen LogP contribution in [-0.4, -0.2) is 41.2 Å². The van der Waals surface area contributed by atoms with Crippen LogP contribution in [0.15, 0.2) is 18.2 Å². The minimum atomic E-state index is -0.0258. The fourth-order valence-electron chi connectivity index (χ4n) is 2.98. The van der Waals surface area contributed by atoms with Gasteiger partial charge in [-0.15, -0.1) is 0 Å². The van der Waals surface area contributed by atoms with Crippen molar-refractivity contribution < 1.29 is 14.6 Å². The maximum atomic E-state index is 12.5. The average molecular weight is 282 g/mol. The summed E-state index contributed by atoms with van der Waals surface area (Å²) in [7, 11) is 0. The molecule has 2 fully saturated rings. The number of halogens is 1. The number of carbonyl (C=O) groups excluding carboxylic acids is 1. The van der Waals surface area contributed by atoms with Gasteiger partial charge < -0.3 is 14.7 Å². The van der Waals surface area contributed by atoms with Crippen molar-refractivity contribution in [2.24, 2.45) is 0 Å². The third kappa shape index (κ3) is 2.30. The molecule has 1 heterocycles. The first kappa shape index (κ1) is 12.8. The zero-order valence-corrected chi connectivity index (χ0v) is 11.3. The monoisotopic (exact) mass is 281 g/mol. The molecule has 1 aromatic carbocycles. The number of morpholine rings is 1. The minimum Gasteiger partial charge on any atom is -0.506 e. The number of fused-ring (bicyclic) bond motifs is 1. The van der Waals surface area contributed by atoms with Crippen LogP contribution < -0.4 is 0 Å². The highest BCUT2D eigenvalue weighted by molar-refractivity contribution is 6.32. The van der Waals surface area contributed by atoms with Crippen LogP contribution in [0, 0.1) is 0 Å². The SMILES string of the molecule is O=C(c1ccc(O)c(Cl)c1)N1CCOC2CCCC21. The summed E-state index contributed by atoms with van der Waals surface area (Å²) in [6.07, 6.45) is 3.33. The molecule has 1 saturated heterocycles. The Bertz CT molecular complexity index is 505. The van der Waals surface area contributed by atoms with E-state index in [0.29, 0.717) is 18.7 Å². The fraction of sp³-hybridized carbons (Fsp3) is 0.500. The van der Waals surface area contributed by atoms with Gasteiger partial charge in [0.2, 0.25) is 0 Å². The molecular weight excluding hydrogens is 266 g/mol. The Morgan fingerprint density at radius 3 is 3.05 bits per heavy atom. The molecule has 4 nitrogen and oxygen atoms in total. The molecule has 0 radical (unpaired) electrons. The Morgan fingerprint density at radius 1 is 1.42 bits per heavy atom. The van der Waals surface area contributed by atoms with Gasteiger partial charge in [-0.1, -0.05) is 11.6 Å². The molecule has 2 unspecified atom stereocenters. The van der Waals surface area contributed by atoms with Gasteiger partial charge in [-0.3, -0.25) is 4.79 Å². The smallest absolute Gasteiger partial charge is 0.254 e. The van der Waals surface area contributed by atoms with E-state index in [4.69, 9.17) is 16.3 Å². The molecule has 0 aromatic heterocycles. The second-order valence-electron chi connectivity index (χ2n) is 5.07. The van der Waals surface area contributed by atoms with Crippen LogP contribution in [0.3, 0.4) is 0 Å². The molecule has 1 N–H and O–H groups in total. The second kappa shape index (κ2) is 5.02. The molecule has 0 bridgehead atoms. The van der Waals surface area contributed by atoms with E-state index in [-0.39, 0.29) is 28.8 Å². The normalized spacial score (nSPS) is 26.3. The van der Waals surface area contributed by atoms with E-state index in [9.17, 15) is 9.90 Å². The number of phenols is 1. The molecule has 1 aromatic rings. The number of carbonyl (C=O) groups is 1. The molecule has 102 valence electrons. The van der Waals surface area contributed by atoms with Crippen molar-refractivity contribution in [2.45, 2.75) is 31.4 Å². The summed E-state index contributed by atoms with van der Waals surface area (Å²) in [4.78, 5) is 14.4. The molecule has 1 aliphatic carbocycles. The van der Waals surface area contributed by atoms with E-state index >= 15 is 0 Å². The van der Waals surface area contributed by atoms with Crippen molar-refractivity contribution in [1.82, 2.24) is 4.90 Å². The fourth-order valence-corrected chi connectivity index (χ4v) is 3.16. The van der Waals surface area contributed by atoms with Crippen molar-refractivity contribution in [3.05, 3.63) is 28.8 Å². The van der Waals surface area contributed by atoms with Crippen LogP contribution >= 0.6 is 11.6 Å². The topological polar surface area (TPSA) is 49.8 Å². The Balaban J connectivity index is 1.84. The van der Waals surface area contributed by atoms with Crippen LogP contribution in [0.4, 0.5) is 0 Å². The summed E-state index contributed by atoms with van der Waals surface area (Å²) in [6, 6.07) is 4.79. The maximum Gasteiger partial charge on any atom is 0.254 e. The highest BCUT2D eigenvalue weighted by Crippen LogP contribution is 2.31. The van der Waals surface area contributed by atoms with Crippen LogP contribution in [-0.2, 0) is 4.74 Å². The highest BCUT2D eigenvalue weighted by atomic mass is 35.5. The number of phenolic OH excluding ortho intramolecular Hbond substituents is 1. The van der Waals surface area contributed by atoms with Crippen LogP contribution in [0.5, 0.6) is 5.75 Å². The lowest BCUT2D eigenvalue weighted by Crippen LogP contribution is -2.51. The van der Waals surface area contributed by atoms with Gasteiger partial charge in [0, 0.05) is 12.1 Å². The Kier molecular flexibility index (Phi) is 3.37. The highest BCUT2D eigenvalue weighted by Gasteiger charge is 2.38. The van der Waals surface area contributed by atoms with E-state index in [1.165, 1.54) is 12.1 Å². The number of rotatable bonds is 1. The third-order valence-electron chi connectivity index (χ3n) is 3.94. The second-order valence-corrected chi connectivity index (χ2v) is 5.48. The quantitative estimate of drug-likeness (QED) is 0.860. The van der Waals surface area contributed by atoms with Gasteiger partial charge in [-0.25, -0.2) is 0 Å². The number of amides is 1. The maximum absolute atomic E-state index is 12.5. The van der Waals surface area contributed by atoms with E-state index in [0.717, 1.165) is 19.3 Å². The number of nitrogens with zero attached hydrogens (tertiary/aromatic N) is 1. The first-order valence-corrected chi connectivity index (χ1v) is 6.95. The molecule has 2 atom stereocenters. The van der Waals surface area contributed by atoms with Gasteiger partial charge >= 0.3 is 0 Å². The van der Waals surface area contributed by atoms with E-state index < -0.39 is 0 Å². The molecule has 0 spiro atoms. The number of ether oxygens (including phenoxy) is 1. The molecule has 19 heavy (non-hydrogen) atoms. The summed E-state index contributed by atoms with van der Waals surface area (Å²) in [6.45, 7) is 1.22. The van der Waals surface area contributed by atoms with Crippen molar-refractivity contribution in [3.63, 3.8) is 0 Å². The van der Waals surface area contributed by atoms with Gasteiger partial charge in [0.1, 0.15) is 5.75 Å². The largest absolute Gasteiger partial charge is 0.506 e. The summed E-state index contributed by atoms with van der Waals surface area (Å²) in [5.74, 6) is -0.0268. The minimum absolute atomic E-state index is 0.000984. The van der Waals surface area contributed by atoms with Crippen molar-refractivity contribution in [2.75, 3.05) is 13.2 Å². The van der Waals surface area contributed by atoms with Gasteiger partial charge in [0.25, 0.3) is 5.91 Å². The molecule has 1 saturated carbocycles. The van der Waals surface area contributed by atoms with Gasteiger partial charge in [-0.05, 0) is 37.5 Å². The average Bonchev–Trinajstić information content (AvgIpc) is 2.89. The van der Waals surface area contributed by atoms with Crippen LogP contribution in [0.2, 0.25) is 5.02 Å². The molecular formula is C14H16ClNO3. The third-order valence-corrected chi connectivity index (χ3v) is 4.24. The summed E-state index contributed by atoms with van der Waals surface area (Å²) in [5, 5.41) is 9.62. The summed E-state index contributed by atoms with van der Waals surface area (Å²) in [5.41, 5.74) is 0.523. The first-order valence-electron chi connectivity index (χ1n) is 6.58. The molecule has 1 amide bonds. The van der Waals surface area contributed by atoms with Crippen molar-refractivity contribution in [1.29, 1.82) is 0 Å². The summed E-state index contributed by atoms with van der Waals surface area (Å²) >= 11 is 5.86. The van der Waals surface area contributed by atoms with E-state index in [1.807, 2.05) is 4.90 Å². The van der Waals surface area contributed by atoms with Gasteiger partial charge in [0.15, 0.2) is 0 Å². The van der Waals surface area contributed by atoms with Crippen LogP contribution in [0.1, 0.15) is 29.6 Å². The first-order chi connectivity index (χ1) is 9.16. The van der Waals surface area contributed by atoms with Crippen molar-refractivity contribution >= 4 is 17.5 Å². The number of benzene rings is 1.